The first-order valence-corrected chi connectivity index (χ1v) is 7.51. The zero-order chi connectivity index (χ0) is 14.3. The first-order chi connectivity index (χ1) is 8.99. The Morgan fingerprint density at radius 1 is 1.21 bits per heavy atom. The molecule has 1 fully saturated rings. The van der Waals surface area contributed by atoms with Gasteiger partial charge in [-0.15, -0.1) is 0 Å². The Kier molecular flexibility index (Phi) is 6.32. The molecule has 19 heavy (non-hydrogen) atoms. The topological polar surface area (TPSA) is 57.6 Å². The molecule has 0 aliphatic carbocycles. The molecule has 0 aromatic heterocycles. The Labute approximate surface area is 116 Å². The van der Waals surface area contributed by atoms with Crippen LogP contribution in [-0.2, 0) is 9.59 Å². The number of aliphatic carboxylic acids is 1. The van der Waals surface area contributed by atoms with Crippen LogP contribution in [0.25, 0.3) is 0 Å². The molecule has 1 saturated heterocycles. The summed E-state index contributed by atoms with van der Waals surface area (Å²) in [5.74, 6) is -0.656. The summed E-state index contributed by atoms with van der Waals surface area (Å²) < 4.78 is 0. The van der Waals surface area contributed by atoms with Crippen molar-refractivity contribution < 1.29 is 14.7 Å². The average Bonchev–Trinajstić information content (AvgIpc) is 2.38. The van der Waals surface area contributed by atoms with Gasteiger partial charge in [0.15, 0.2) is 0 Å². The minimum atomic E-state index is -0.784. The molecule has 4 heteroatoms. The summed E-state index contributed by atoms with van der Waals surface area (Å²) in [6, 6.07) is 0. The third-order valence-corrected chi connectivity index (χ3v) is 4.06. The summed E-state index contributed by atoms with van der Waals surface area (Å²) in [6.07, 6.45) is 7.69. The predicted molar refractivity (Wildman–Crippen MR) is 74.9 cm³/mol. The highest BCUT2D eigenvalue weighted by molar-refractivity contribution is 5.79. The third kappa shape index (κ3) is 4.84. The van der Waals surface area contributed by atoms with Crippen molar-refractivity contribution in [2.24, 2.45) is 5.41 Å². The Morgan fingerprint density at radius 2 is 1.89 bits per heavy atom. The van der Waals surface area contributed by atoms with E-state index in [0.29, 0.717) is 19.4 Å². The van der Waals surface area contributed by atoms with Gasteiger partial charge in [0.2, 0.25) is 5.91 Å². The zero-order valence-corrected chi connectivity index (χ0v) is 12.3. The van der Waals surface area contributed by atoms with Crippen molar-refractivity contribution in [3.05, 3.63) is 0 Å². The van der Waals surface area contributed by atoms with E-state index in [1.165, 1.54) is 19.3 Å². The molecule has 4 nitrogen and oxygen atoms in total. The number of piperidine rings is 1. The van der Waals surface area contributed by atoms with E-state index >= 15 is 0 Å². The van der Waals surface area contributed by atoms with Crippen molar-refractivity contribution in [2.75, 3.05) is 13.1 Å². The summed E-state index contributed by atoms with van der Waals surface area (Å²) in [7, 11) is 0. The van der Waals surface area contributed by atoms with Gasteiger partial charge in [-0.25, -0.2) is 0 Å². The molecule has 1 rings (SSSR count). The molecule has 1 amide bonds. The molecule has 1 aliphatic rings. The Balaban J connectivity index is 2.34. The maximum atomic E-state index is 12.1. The standard InChI is InChI=1S/C15H27NO3/c1-3-4-5-6-7-9-13(17)16-11-8-10-15(2,12-16)14(18)19/h3-12H2,1-2H3,(H,18,19). The average molecular weight is 269 g/mol. The quantitative estimate of drug-likeness (QED) is 0.723. The van der Waals surface area contributed by atoms with Crippen LogP contribution in [-0.4, -0.2) is 35.0 Å². The summed E-state index contributed by atoms with van der Waals surface area (Å²) in [6.45, 7) is 5.01. The summed E-state index contributed by atoms with van der Waals surface area (Å²) in [4.78, 5) is 25.1. The highest BCUT2D eigenvalue weighted by Gasteiger charge is 2.39. The SMILES string of the molecule is CCCCCCCC(=O)N1CCCC(C)(C(=O)O)C1. The van der Waals surface area contributed by atoms with Crippen LogP contribution in [0.1, 0.15) is 65.2 Å². The molecule has 0 bridgehead atoms. The Bertz CT molecular complexity index is 317. The molecule has 0 aromatic carbocycles. The number of rotatable bonds is 7. The summed E-state index contributed by atoms with van der Waals surface area (Å²) >= 11 is 0. The normalized spacial score (nSPS) is 23.4. The fraction of sp³-hybridized carbons (Fsp3) is 0.867. The smallest absolute Gasteiger partial charge is 0.311 e. The molecule has 1 heterocycles. The van der Waals surface area contributed by atoms with Crippen LogP contribution in [0.5, 0.6) is 0 Å². The number of nitrogens with zero attached hydrogens (tertiary/aromatic N) is 1. The highest BCUT2D eigenvalue weighted by Crippen LogP contribution is 2.30. The van der Waals surface area contributed by atoms with Crippen LogP contribution in [0, 0.1) is 5.41 Å². The van der Waals surface area contributed by atoms with Crippen LogP contribution in [0.2, 0.25) is 0 Å². The van der Waals surface area contributed by atoms with E-state index in [9.17, 15) is 14.7 Å². The number of likely N-dealkylation sites (tertiary alicyclic amines) is 1. The first-order valence-electron chi connectivity index (χ1n) is 7.51. The van der Waals surface area contributed by atoms with Gasteiger partial charge in [0.05, 0.1) is 5.41 Å². The van der Waals surface area contributed by atoms with E-state index in [1.807, 2.05) is 0 Å². The third-order valence-electron chi connectivity index (χ3n) is 4.06. The van der Waals surface area contributed by atoms with Crippen molar-refractivity contribution in [3.63, 3.8) is 0 Å². The van der Waals surface area contributed by atoms with Crippen molar-refractivity contribution in [3.8, 4) is 0 Å². The zero-order valence-electron chi connectivity index (χ0n) is 12.3. The first kappa shape index (κ1) is 16.0. The largest absolute Gasteiger partial charge is 0.481 e. The lowest BCUT2D eigenvalue weighted by atomic mass is 9.82. The van der Waals surface area contributed by atoms with Crippen LogP contribution < -0.4 is 0 Å². The van der Waals surface area contributed by atoms with Gasteiger partial charge in [-0.05, 0) is 26.2 Å². The number of carboxylic acids is 1. The second-order valence-electron chi connectivity index (χ2n) is 5.95. The molecule has 1 atom stereocenters. The molecular formula is C15H27NO3. The van der Waals surface area contributed by atoms with E-state index < -0.39 is 11.4 Å². The molecule has 110 valence electrons. The minimum absolute atomic E-state index is 0.128. The van der Waals surface area contributed by atoms with E-state index in [-0.39, 0.29) is 5.91 Å². The number of unbranched alkanes of at least 4 members (excludes halogenated alkanes) is 4. The van der Waals surface area contributed by atoms with Gasteiger partial charge in [0, 0.05) is 19.5 Å². The van der Waals surface area contributed by atoms with Crippen LogP contribution in [0.15, 0.2) is 0 Å². The van der Waals surface area contributed by atoms with Crippen molar-refractivity contribution in [2.45, 2.75) is 65.2 Å². The van der Waals surface area contributed by atoms with Gasteiger partial charge in [-0.1, -0.05) is 32.6 Å². The van der Waals surface area contributed by atoms with E-state index in [2.05, 4.69) is 6.92 Å². The Hall–Kier alpha value is -1.06. The molecule has 1 aliphatic heterocycles. The van der Waals surface area contributed by atoms with Crippen LogP contribution in [0.3, 0.4) is 0 Å². The van der Waals surface area contributed by atoms with E-state index in [4.69, 9.17) is 0 Å². The fourth-order valence-corrected chi connectivity index (χ4v) is 2.66. The van der Waals surface area contributed by atoms with Gasteiger partial charge in [-0.2, -0.15) is 0 Å². The number of carbonyl (C=O) groups is 2. The number of carbonyl (C=O) groups excluding carboxylic acids is 1. The molecule has 0 saturated carbocycles. The molecular weight excluding hydrogens is 242 g/mol. The van der Waals surface area contributed by atoms with Crippen molar-refractivity contribution in [1.29, 1.82) is 0 Å². The molecule has 1 N–H and O–H groups in total. The number of carboxylic acid groups (broad SMARTS) is 1. The lowest BCUT2D eigenvalue weighted by Gasteiger charge is -2.37. The van der Waals surface area contributed by atoms with Crippen LogP contribution in [0.4, 0.5) is 0 Å². The summed E-state index contributed by atoms with van der Waals surface area (Å²) in [5, 5.41) is 9.23. The molecule has 0 radical (unpaired) electrons. The monoisotopic (exact) mass is 269 g/mol. The van der Waals surface area contributed by atoms with Gasteiger partial charge in [0.1, 0.15) is 0 Å². The minimum Gasteiger partial charge on any atom is -0.481 e. The van der Waals surface area contributed by atoms with Crippen molar-refractivity contribution in [1.82, 2.24) is 4.90 Å². The van der Waals surface area contributed by atoms with Crippen molar-refractivity contribution >= 4 is 11.9 Å². The van der Waals surface area contributed by atoms with E-state index in [0.717, 1.165) is 25.8 Å². The fourth-order valence-electron chi connectivity index (χ4n) is 2.66. The highest BCUT2D eigenvalue weighted by atomic mass is 16.4. The number of amides is 1. The maximum Gasteiger partial charge on any atom is 0.311 e. The number of hydrogen-bond donors (Lipinski definition) is 1. The van der Waals surface area contributed by atoms with Gasteiger partial charge >= 0.3 is 5.97 Å². The number of hydrogen-bond acceptors (Lipinski definition) is 2. The molecule has 0 spiro atoms. The molecule has 1 unspecified atom stereocenters. The second kappa shape index (κ2) is 7.51. The van der Waals surface area contributed by atoms with Gasteiger partial charge < -0.3 is 10.0 Å². The van der Waals surface area contributed by atoms with Gasteiger partial charge in [-0.3, -0.25) is 9.59 Å². The maximum absolute atomic E-state index is 12.1. The lowest BCUT2D eigenvalue weighted by Crippen LogP contribution is -2.48. The van der Waals surface area contributed by atoms with Crippen LogP contribution >= 0.6 is 0 Å². The lowest BCUT2D eigenvalue weighted by molar-refractivity contribution is -0.153. The Morgan fingerprint density at radius 3 is 2.53 bits per heavy atom. The van der Waals surface area contributed by atoms with E-state index in [1.54, 1.807) is 11.8 Å². The predicted octanol–water partition coefficient (Wildman–Crippen LogP) is 3.06. The summed E-state index contributed by atoms with van der Waals surface area (Å²) in [5.41, 5.74) is -0.754. The molecule has 0 aromatic rings. The van der Waals surface area contributed by atoms with Gasteiger partial charge in [0.25, 0.3) is 0 Å². The second-order valence-corrected chi connectivity index (χ2v) is 5.95.